The summed E-state index contributed by atoms with van der Waals surface area (Å²) in [5.41, 5.74) is 1.93. The van der Waals surface area contributed by atoms with Gasteiger partial charge in [-0.2, -0.15) is 0 Å². The first-order chi connectivity index (χ1) is 8.27. The van der Waals surface area contributed by atoms with Crippen molar-refractivity contribution in [1.82, 2.24) is 10.6 Å². The van der Waals surface area contributed by atoms with Crippen molar-refractivity contribution < 1.29 is 4.79 Å². The SMILES string of the molecule is CC.CCc1cccc(C(=O)NCCNC)c1. The van der Waals surface area contributed by atoms with Gasteiger partial charge in [-0.25, -0.2) is 0 Å². The summed E-state index contributed by atoms with van der Waals surface area (Å²) in [6, 6.07) is 7.73. The molecule has 0 aliphatic heterocycles. The maximum absolute atomic E-state index is 11.6. The Morgan fingerprint density at radius 3 is 2.53 bits per heavy atom. The molecule has 1 aromatic carbocycles. The Kier molecular flexibility index (Phi) is 9.06. The highest BCUT2D eigenvalue weighted by molar-refractivity contribution is 5.94. The van der Waals surface area contributed by atoms with Gasteiger partial charge in [-0.15, -0.1) is 0 Å². The van der Waals surface area contributed by atoms with Crippen molar-refractivity contribution in [3.8, 4) is 0 Å². The van der Waals surface area contributed by atoms with Crippen LogP contribution in [-0.2, 0) is 6.42 Å². The average Bonchev–Trinajstić information content (AvgIpc) is 2.41. The number of amides is 1. The van der Waals surface area contributed by atoms with Crippen LogP contribution in [0.25, 0.3) is 0 Å². The highest BCUT2D eigenvalue weighted by atomic mass is 16.1. The predicted octanol–water partition coefficient (Wildman–Crippen LogP) is 2.22. The molecule has 17 heavy (non-hydrogen) atoms. The molecule has 0 bridgehead atoms. The molecule has 0 aromatic heterocycles. The first-order valence-electron chi connectivity index (χ1n) is 6.29. The molecule has 3 nitrogen and oxygen atoms in total. The van der Waals surface area contributed by atoms with Crippen LogP contribution in [0.4, 0.5) is 0 Å². The first kappa shape index (κ1) is 15.7. The van der Waals surface area contributed by atoms with Gasteiger partial charge in [-0.1, -0.05) is 32.9 Å². The number of aryl methyl sites for hydroxylation is 1. The number of likely N-dealkylation sites (N-methyl/N-ethyl adjacent to an activating group) is 1. The van der Waals surface area contributed by atoms with Crippen LogP contribution in [-0.4, -0.2) is 26.0 Å². The largest absolute Gasteiger partial charge is 0.351 e. The van der Waals surface area contributed by atoms with E-state index in [4.69, 9.17) is 0 Å². The summed E-state index contributed by atoms with van der Waals surface area (Å²) in [6.45, 7) is 7.53. The molecule has 0 atom stereocenters. The van der Waals surface area contributed by atoms with Gasteiger partial charge in [0.15, 0.2) is 0 Å². The molecule has 3 heteroatoms. The Morgan fingerprint density at radius 1 is 1.24 bits per heavy atom. The van der Waals surface area contributed by atoms with Crippen molar-refractivity contribution in [3.05, 3.63) is 35.4 Å². The lowest BCUT2D eigenvalue weighted by atomic mass is 10.1. The van der Waals surface area contributed by atoms with E-state index >= 15 is 0 Å². The van der Waals surface area contributed by atoms with Crippen molar-refractivity contribution in [3.63, 3.8) is 0 Å². The van der Waals surface area contributed by atoms with Gasteiger partial charge >= 0.3 is 0 Å². The van der Waals surface area contributed by atoms with E-state index in [0.717, 1.165) is 18.5 Å². The molecular formula is C14H24N2O. The molecule has 1 aromatic rings. The van der Waals surface area contributed by atoms with Gasteiger partial charge < -0.3 is 10.6 Å². The minimum atomic E-state index is 0.000509. The molecule has 1 rings (SSSR count). The topological polar surface area (TPSA) is 41.1 Å². The zero-order valence-electron chi connectivity index (χ0n) is 11.3. The van der Waals surface area contributed by atoms with Crippen LogP contribution in [0.15, 0.2) is 24.3 Å². The summed E-state index contributed by atoms with van der Waals surface area (Å²) in [6.07, 6.45) is 0.956. The number of rotatable bonds is 5. The molecule has 96 valence electrons. The molecule has 0 unspecified atom stereocenters. The van der Waals surface area contributed by atoms with Crippen molar-refractivity contribution >= 4 is 5.91 Å². The molecule has 0 heterocycles. The van der Waals surface area contributed by atoms with E-state index in [2.05, 4.69) is 17.6 Å². The molecule has 1 amide bonds. The van der Waals surface area contributed by atoms with E-state index < -0.39 is 0 Å². The highest BCUT2D eigenvalue weighted by Crippen LogP contribution is 2.05. The molecule has 0 radical (unpaired) electrons. The average molecular weight is 236 g/mol. The Morgan fingerprint density at radius 2 is 1.94 bits per heavy atom. The number of hydrogen-bond acceptors (Lipinski definition) is 2. The van der Waals surface area contributed by atoms with Gasteiger partial charge in [0.2, 0.25) is 0 Å². The molecule has 0 saturated carbocycles. The van der Waals surface area contributed by atoms with Crippen LogP contribution in [0.2, 0.25) is 0 Å². The van der Waals surface area contributed by atoms with E-state index in [1.54, 1.807) is 0 Å². The quantitative estimate of drug-likeness (QED) is 0.770. The van der Waals surface area contributed by atoms with Crippen LogP contribution in [0.5, 0.6) is 0 Å². The highest BCUT2D eigenvalue weighted by Gasteiger charge is 2.04. The zero-order valence-corrected chi connectivity index (χ0v) is 11.3. The molecule has 0 fully saturated rings. The third-order valence-electron chi connectivity index (χ3n) is 2.26. The van der Waals surface area contributed by atoms with Gasteiger partial charge in [0.25, 0.3) is 5.91 Å². The van der Waals surface area contributed by atoms with Gasteiger partial charge in [0.1, 0.15) is 0 Å². The van der Waals surface area contributed by atoms with Crippen molar-refractivity contribution in [2.75, 3.05) is 20.1 Å². The second-order valence-corrected chi connectivity index (χ2v) is 3.41. The summed E-state index contributed by atoms with van der Waals surface area (Å²) in [4.78, 5) is 11.6. The predicted molar refractivity (Wildman–Crippen MR) is 73.4 cm³/mol. The third kappa shape index (κ3) is 6.07. The van der Waals surface area contributed by atoms with Crippen LogP contribution in [0.1, 0.15) is 36.7 Å². The number of hydrogen-bond donors (Lipinski definition) is 2. The summed E-state index contributed by atoms with van der Waals surface area (Å²) < 4.78 is 0. The zero-order chi connectivity index (χ0) is 13.1. The summed E-state index contributed by atoms with van der Waals surface area (Å²) in [5, 5.41) is 5.83. The number of benzene rings is 1. The number of nitrogens with one attached hydrogen (secondary N) is 2. The van der Waals surface area contributed by atoms with E-state index in [-0.39, 0.29) is 5.91 Å². The van der Waals surface area contributed by atoms with Crippen LogP contribution >= 0.6 is 0 Å². The second-order valence-electron chi connectivity index (χ2n) is 3.41. The lowest BCUT2D eigenvalue weighted by molar-refractivity contribution is 0.0954. The standard InChI is InChI=1S/C12H18N2O.C2H6/c1-3-10-5-4-6-11(9-10)12(15)14-8-7-13-2;1-2/h4-6,9,13H,3,7-8H2,1-2H3,(H,14,15);1-2H3. The summed E-state index contributed by atoms with van der Waals surface area (Å²) in [7, 11) is 1.86. The van der Waals surface area contributed by atoms with Gasteiger partial charge in [0.05, 0.1) is 0 Å². The molecule has 2 N–H and O–H groups in total. The van der Waals surface area contributed by atoms with E-state index in [9.17, 15) is 4.79 Å². The Bertz CT molecular complexity index is 324. The van der Waals surface area contributed by atoms with E-state index in [1.807, 2.05) is 45.2 Å². The smallest absolute Gasteiger partial charge is 0.251 e. The van der Waals surface area contributed by atoms with Crippen LogP contribution in [0.3, 0.4) is 0 Å². The number of carbonyl (C=O) groups excluding carboxylic acids is 1. The Balaban J connectivity index is 0.00000121. The molecule has 0 spiro atoms. The summed E-state index contributed by atoms with van der Waals surface area (Å²) >= 11 is 0. The van der Waals surface area contributed by atoms with E-state index in [1.165, 1.54) is 5.56 Å². The van der Waals surface area contributed by atoms with Crippen molar-refractivity contribution in [2.45, 2.75) is 27.2 Å². The minimum absolute atomic E-state index is 0.000509. The third-order valence-corrected chi connectivity index (χ3v) is 2.26. The number of carbonyl (C=O) groups is 1. The first-order valence-corrected chi connectivity index (χ1v) is 6.29. The van der Waals surface area contributed by atoms with E-state index in [0.29, 0.717) is 6.54 Å². The normalized spacial score (nSPS) is 9.18. The van der Waals surface area contributed by atoms with Crippen molar-refractivity contribution in [1.29, 1.82) is 0 Å². The molecule has 0 saturated heterocycles. The molecule has 0 aliphatic carbocycles. The lowest BCUT2D eigenvalue weighted by Crippen LogP contribution is -2.30. The van der Waals surface area contributed by atoms with Gasteiger partial charge in [0, 0.05) is 18.7 Å². The fraction of sp³-hybridized carbons (Fsp3) is 0.500. The maximum Gasteiger partial charge on any atom is 0.251 e. The lowest BCUT2D eigenvalue weighted by Gasteiger charge is -2.05. The molecular weight excluding hydrogens is 212 g/mol. The van der Waals surface area contributed by atoms with Crippen molar-refractivity contribution in [2.24, 2.45) is 0 Å². The van der Waals surface area contributed by atoms with Gasteiger partial charge in [-0.3, -0.25) is 4.79 Å². The van der Waals surface area contributed by atoms with Crippen LogP contribution < -0.4 is 10.6 Å². The summed E-state index contributed by atoms with van der Waals surface area (Å²) in [5.74, 6) is 0.000509. The Labute approximate surface area is 105 Å². The fourth-order valence-electron chi connectivity index (χ4n) is 1.34. The second kappa shape index (κ2) is 9.85. The van der Waals surface area contributed by atoms with Gasteiger partial charge in [-0.05, 0) is 31.2 Å². The maximum atomic E-state index is 11.6. The minimum Gasteiger partial charge on any atom is -0.351 e. The monoisotopic (exact) mass is 236 g/mol. The Hall–Kier alpha value is -1.35. The fourth-order valence-corrected chi connectivity index (χ4v) is 1.34. The van der Waals surface area contributed by atoms with Crippen LogP contribution in [0, 0.1) is 0 Å². The molecule has 0 aliphatic rings.